The predicted molar refractivity (Wildman–Crippen MR) is 90.8 cm³/mol. The molecule has 122 valence electrons. The van der Waals surface area contributed by atoms with Gasteiger partial charge in [-0.05, 0) is 50.3 Å². The molecule has 0 radical (unpaired) electrons. The molecule has 2 rings (SSSR count). The van der Waals surface area contributed by atoms with Crippen molar-refractivity contribution < 1.29 is 14.6 Å². The molecule has 0 saturated heterocycles. The molecule has 23 heavy (non-hydrogen) atoms. The predicted octanol–water partition coefficient (Wildman–Crippen LogP) is 2.78. The molecule has 0 saturated carbocycles. The van der Waals surface area contributed by atoms with Crippen LogP contribution in [0.25, 0.3) is 0 Å². The lowest BCUT2D eigenvalue weighted by Crippen LogP contribution is -2.21. The molecule has 0 aliphatic carbocycles. The lowest BCUT2D eigenvalue weighted by Gasteiger charge is -2.14. The number of aromatic hydroxyl groups is 1. The number of nitrogens with one attached hydrogen (secondary N) is 1. The van der Waals surface area contributed by atoms with Crippen molar-refractivity contribution in [3.8, 4) is 11.5 Å². The Labute approximate surface area is 136 Å². The lowest BCUT2D eigenvalue weighted by molar-refractivity contribution is -0.118. The standard InChI is InChI=1S/C18H22N2O3/c1-13-8-9-14(11-20(2)3)10-15(13)19-18(22)12-23-17-7-5-4-6-16(17)21/h4-10,21H,11-12H2,1-3H3,(H,19,22). The summed E-state index contributed by atoms with van der Waals surface area (Å²) >= 11 is 0. The highest BCUT2D eigenvalue weighted by Crippen LogP contribution is 2.24. The number of rotatable bonds is 6. The van der Waals surface area contributed by atoms with Crippen molar-refractivity contribution in [3.63, 3.8) is 0 Å². The van der Waals surface area contributed by atoms with Crippen molar-refractivity contribution in [2.24, 2.45) is 0 Å². The van der Waals surface area contributed by atoms with Crippen LogP contribution in [-0.4, -0.2) is 36.6 Å². The van der Waals surface area contributed by atoms with Crippen molar-refractivity contribution >= 4 is 11.6 Å². The van der Waals surface area contributed by atoms with Crippen molar-refractivity contribution in [2.45, 2.75) is 13.5 Å². The number of para-hydroxylation sites is 2. The van der Waals surface area contributed by atoms with Gasteiger partial charge in [0.05, 0.1) is 0 Å². The summed E-state index contributed by atoms with van der Waals surface area (Å²) in [5.74, 6) is 0.0450. The van der Waals surface area contributed by atoms with E-state index in [4.69, 9.17) is 4.74 Å². The molecular formula is C18H22N2O3. The fourth-order valence-corrected chi connectivity index (χ4v) is 2.18. The van der Waals surface area contributed by atoms with E-state index in [0.29, 0.717) is 5.75 Å². The van der Waals surface area contributed by atoms with E-state index >= 15 is 0 Å². The average Bonchev–Trinajstić information content (AvgIpc) is 2.49. The summed E-state index contributed by atoms with van der Waals surface area (Å²) in [5.41, 5.74) is 2.89. The highest BCUT2D eigenvalue weighted by Gasteiger charge is 2.09. The summed E-state index contributed by atoms with van der Waals surface area (Å²) in [6.45, 7) is 2.59. The maximum Gasteiger partial charge on any atom is 0.262 e. The van der Waals surface area contributed by atoms with Crippen LogP contribution in [0, 0.1) is 6.92 Å². The van der Waals surface area contributed by atoms with Gasteiger partial charge in [-0.3, -0.25) is 4.79 Å². The largest absolute Gasteiger partial charge is 0.504 e. The first-order valence-corrected chi connectivity index (χ1v) is 7.40. The van der Waals surface area contributed by atoms with Gasteiger partial charge in [-0.15, -0.1) is 0 Å². The first kappa shape index (κ1) is 16.8. The van der Waals surface area contributed by atoms with Crippen molar-refractivity contribution in [3.05, 3.63) is 53.6 Å². The Kier molecular flexibility index (Phi) is 5.60. The number of hydrogen-bond donors (Lipinski definition) is 2. The Hall–Kier alpha value is -2.53. The maximum absolute atomic E-state index is 12.1. The normalized spacial score (nSPS) is 10.6. The Morgan fingerprint density at radius 2 is 1.96 bits per heavy atom. The Morgan fingerprint density at radius 3 is 2.65 bits per heavy atom. The third kappa shape index (κ3) is 5.00. The SMILES string of the molecule is Cc1ccc(CN(C)C)cc1NC(=O)COc1ccccc1O. The Balaban J connectivity index is 1.98. The molecule has 5 nitrogen and oxygen atoms in total. The molecular weight excluding hydrogens is 292 g/mol. The van der Waals surface area contributed by atoms with E-state index in [0.717, 1.165) is 23.4 Å². The Bertz CT molecular complexity index is 684. The molecule has 2 N–H and O–H groups in total. The molecule has 0 spiro atoms. The number of ether oxygens (including phenoxy) is 1. The number of anilines is 1. The molecule has 0 fully saturated rings. The molecule has 0 aliphatic rings. The molecule has 0 bridgehead atoms. The van der Waals surface area contributed by atoms with E-state index in [1.807, 2.05) is 39.2 Å². The van der Waals surface area contributed by atoms with Gasteiger partial charge in [-0.25, -0.2) is 0 Å². The fraction of sp³-hybridized carbons (Fsp3) is 0.278. The second-order valence-corrected chi connectivity index (χ2v) is 5.69. The minimum absolute atomic E-state index is 0.0180. The molecule has 0 aliphatic heterocycles. The van der Waals surface area contributed by atoms with Gasteiger partial charge in [-0.1, -0.05) is 24.3 Å². The van der Waals surface area contributed by atoms with E-state index in [2.05, 4.69) is 10.2 Å². The third-order valence-corrected chi connectivity index (χ3v) is 3.30. The summed E-state index contributed by atoms with van der Waals surface area (Å²) in [5, 5.41) is 12.5. The topological polar surface area (TPSA) is 61.8 Å². The number of carbonyl (C=O) groups excluding carboxylic acids is 1. The first-order valence-electron chi connectivity index (χ1n) is 7.40. The van der Waals surface area contributed by atoms with Gasteiger partial charge in [0.1, 0.15) is 0 Å². The van der Waals surface area contributed by atoms with Crippen LogP contribution in [0.5, 0.6) is 11.5 Å². The maximum atomic E-state index is 12.1. The van der Waals surface area contributed by atoms with Crippen molar-refractivity contribution in [1.29, 1.82) is 0 Å². The number of phenolic OH excluding ortho intramolecular Hbond substituents is 1. The minimum atomic E-state index is -0.265. The van der Waals surface area contributed by atoms with Gasteiger partial charge in [0.2, 0.25) is 0 Å². The van der Waals surface area contributed by atoms with E-state index in [1.54, 1.807) is 18.2 Å². The van der Waals surface area contributed by atoms with E-state index < -0.39 is 0 Å². The zero-order valence-electron chi connectivity index (χ0n) is 13.7. The van der Waals surface area contributed by atoms with Crippen LogP contribution >= 0.6 is 0 Å². The second kappa shape index (κ2) is 7.65. The zero-order chi connectivity index (χ0) is 16.8. The summed E-state index contributed by atoms with van der Waals surface area (Å²) < 4.78 is 5.34. The molecule has 0 atom stereocenters. The summed E-state index contributed by atoms with van der Waals surface area (Å²) in [4.78, 5) is 14.1. The highest BCUT2D eigenvalue weighted by atomic mass is 16.5. The Morgan fingerprint density at radius 1 is 1.22 bits per heavy atom. The number of benzene rings is 2. The quantitative estimate of drug-likeness (QED) is 0.860. The van der Waals surface area contributed by atoms with Crippen LogP contribution in [0.2, 0.25) is 0 Å². The number of phenols is 1. The van der Waals surface area contributed by atoms with E-state index in [-0.39, 0.29) is 18.3 Å². The first-order chi connectivity index (χ1) is 11.0. The molecule has 0 unspecified atom stereocenters. The number of aryl methyl sites for hydroxylation is 1. The monoisotopic (exact) mass is 314 g/mol. The van der Waals surface area contributed by atoms with Crippen LogP contribution in [0.1, 0.15) is 11.1 Å². The van der Waals surface area contributed by atoms with Crippen LogP contribution < -0.4 is 10.1 Å². The molecule has 1 amide bonds. The third-order valence-electron chi connectivity index (χ3n) is 3.30. The van der Waals surface area contributed by atoms with Crippen molar-refractivity contribution in [1.82, 2.24) is 4.90 Å². The van der Waals surface area contributed by atoms with Gasteiger partial charge in [0.15, 0.2) is 18.1 Å². The smallest absolute Gasteiger partial charge is 0.262 e. The van der Waals surface area contributed by atoms with Gasteiger partial charge in [0.25, 0.3) is 5.91 Å². The second-order valence-electron chi connectivity index (χ2n) is 5.69. The van der Waals surface area contributed by atoms with Gasteiger partial charge < -0.3 is 20.1 Å². The number of carbonyl (C=O) groups is 1. The van der Waals surface area contributed by atoms with Crippen LogP contribution in [0.4, 0.5) is 5.69 Å². The van der Waals surface area contributed by atoms with Crippen LogP contribution in [0.15, 0.2) is 42.5 Å². The molecule has 2 aromatic carbocycles. The van der Waals surface area contributed by atoms with Crippen LogP contribution in [0.3, 0.4) is 0 Å². The summed E-state index contributed by atoms with van der Waals surface area (Å²) in [6.07, 6.45) is 0. The van der Waals surface area contributed by atoms with E-state index in [1.165, 1.54) is 6.07 Å². The minimum Gasteiger partial charge on any atom is -0.504 e. The average molecular weight is 314 g/mol. The lowest BCUT2D eigenvalue weighted by atomic mass is 10.1. The van der Waals surface area contributed by atoms with Crippen LogP contribution in [-0.2, 0) is 11.3 Å². The van der Waals surface area contributed by atoms with Gasteiger partial charge >= 0.3 is 0 Å². The molecule has 2 aromatic rings. The molecule has 0 heterocycles. The number of amides is 1. The number of nitrogens with zero attached hydrogens (tertiary/aromatic N) is 1. The van der Waals surface area contributed by atoms with Gasteiger partial charge in [0, 0.05) is 12.2 Å². The summed E-state index contributed by atoms with van der Waals surface area (Å²) in [6, 6.07) is 12.6. The van der Waals surface area contributed by atoms with E-state index in [9.17, 15) is 9.90 Å². The fourth-order valence-electron chi connectivity index (χ4n) is 2.18. The van der Waals surface area contributed by atoms with Gasteiger partial charge in [-0.2, -0.15) is 0 Å². The zero-order valence-corrected chi connectivity index (χ0v) is 13.7. The molecule has 0 aromatic heterocycles. The summed E-state index contributed by atoms with van der Waals surface area (Å²) in [7, 11) is 4.00. The number of hydrogen-bond acceptors (Lipinski definition) is 4. The van der Waals surface area contributed by atoms with Crippen molar-refractivity contribution in [2.75, 3.05) is 26.0 Å². The molecule has 5 heteroatoms. The highest BCUT2D eigenvalue weighted by molar-refractivity contribution is 5.92.